The molecule has 2 aliphatic rings. The van der Waals surface area contributed by atoms with Crippen LogP contribution in [0.3, 0.4) is 0 Å². The van der Waals surface area contributed by atoms with Crippen molar-refractivity contribution in [3.8, 4) is 0 Å². The first kappa shape index (κ1) is 21.6. The maximum absolute atomic E-state index is 12.5. The molecular weight excluding hydrogens is 366 g/mol. The number of morpholine rings is 1. The predicted octanol–water partition coefficient (Wildman–Crippen LogP) is 1.15. The van der Waals surface area contributed by atoms with E-state index in [2.05, 4.69) is 58.2 Å². The number of hydrogen-bond acceptors (Lipinski definition) is 4. The molecule has 0 aliphatic carbocycles. The van der Waals surface area contributed by atoms with E-state index < -0.39 is 0 Å². The molecule has 1 atom stereocenters. The Labute approximate surface area is 174 Å². The fourth-order valence-corrected chi connectivity index (χ4v) is 3.89. The number of aryl methyl sites for hydroxylation is 1. The zero-order valence-electron chi connectivity index (χ0n) is 18.1. The number of carbonyl (C=O) groups excluding carboxylic acids is 1. The minimum atomic E-state index is 0.219. The van der Waals surface area contributed by atoms with Crippen molar-refractivity contribution in [3.63, 3.8) is 0 Å². The van der Waals surface area contributed by atoms with Crippen molar-refractivity contribution in [1.82, 2.24) is 20.0 Å². The van der Waals surface area contributed by atoms with Crippen LogP contribution in [0, 0.1) is 6.92 Å². The van der Waals surface area contributed by atoms with Gasteiger partial charge < -0.3 is 19.9 Å². The van der Waals surface area contributed by atoms with E-state index in [0.717, 1.165) is 38.7 Å². The number of benzene rings is 1. The summed E-state index contributed by atoms with van der Waals surface area (Å²) in [5.74, 6) is 1.58. The van der Waals surface area contributed by atoms with Crippen LogP contribution in [0.5, 0.6) is 0 Å². The molecule has 7 nitrogen and oxygen atoms in total. The summed E-state index contributed by atoms with van der Waals surface area (Å²) in [5.41, 5.74) is 2.64. The van der Waals surface area contributed by atoms with Crippen molar-refractivity contribution in [2.24, 2.45) is 4.99 Å². The van der Waals surface area contributed by atoms with Gasteiger partial charge in [-0.05, 0) is 18.4 Å². The van der Waals surface area contributed by atoms with Crippen LogP contribution in [-0.4, -0.2) is 99.2 Å². The number of ether oxygens (including phenoxy) is 1. The van der Waals surface area contributed by atoms with Crippen molar-refractivity contribution in [2.45, 2.75) is 19.8 Å². The van der Waals surface area contributed by atoms with E-state index in [4.69, 9.17) is 4.74 Å². The SMILES string of the molecule is CN=C(NCC(C)c1cccc(C)c1)N1CCN(CC(=O)N2CCOCC2)CC1. The highest BCUT2D eigenvalue weighted by atomic mass is 16.5. The Morgan fingerprint density at radius 1 is 1.14 bits per heavy atom. The summed E-state index contributed by atoms with van der Waals surface area (Å²) in [7, 11) is 1.84. The lowest BCUT2D eigenvalue weighted by atomic mass is 9.99. The Bertz CT molecular complexity index is 694. The number of amides is 1. The number of nitrogens with one attached hydrogen (secondary N) is 1. The quantitative estimate of drug-likeness (QED) is 0.593. The lowest BCUT2D eigenvalue weighted by molar-refractivity contribution is -0.136. The number of hydrogen-bond donors (Lipinski definition) is 1. The van der Waals surface area contributed by atoms with Crippen LogP contribution >= 0.6 is 0 Å². The molecule has 1 N–H and O–H groups in total. The monoisotopic (exact) mass is 401 g/mol. The topological polar surface area (TPSA) is 60.4 Å². The van der Waals surface area contributed by atoms with Crippen LogP contribution in [0.25, 0.3) is 0 Å². The number of aliphatic imine (C=N–C) groups is 1. The average Bonchev–Trinajstić information content (AvgIpc) is 2.75. The van der Waals surface area contributed by atoms with Gasteiger partial charge in [0.25, 0.3) is 0 Å². The molecule has 3 rings (SSSR count). The molecule has 29 heavy (non-hydrogen) atoms. The standard InChI is InChI=1S/C22H35N5O2/c1-18-5-4-6-20(15-18)19(2)16-24-22(23-3)27-9-7-25(8-10-27)17-21(28)26-11-13-29-14-12-26/h4-6,15,19H,7-14,16-17H2,1-3H3,(H,23,24). The molecule has 1 aromatic rings. The van der Waals surface area contributed by atoms with Gasteiger partial charge in [-0.2, -0.15) is 0 Å². The number of piperazine rings is 1. The van der Waals surface area contributed by atoms with Crippen LogP contribution in [0.2, 0.25) is 0 Å². The fourth-order valence-electron chi connectivity index (χ4n) is 3.89. The smallest absolute Gasteiger partial charge is 0.236 e. The zero-order valence-corrected chi connectivity index (χ0v) is 18.1. The highest BCUT2D eigenvalue weighted by Crippen LogP contribution is 2.15. The molecule has 2 saturated heterocycles. The Morgan fingerprint density at radius 3 is 2.52 bits per heavy atom. The van der Waals surface area contributed by atoms with Gasteiger partial charge in [-0.1, -0.05) is 36.8 Å². The molecule has 0 radical (unpaired) electrons. The molecule has 0 aromatic heterocycles. The van der Waals surface area contributed by atoms with E-state index in [9.17, 15) is 4.79 Å². The summed E-state index contributed by atoms with van der Waals surface area (Å²) in [5, 5.41) is 3.53. The molecule has 1 aromatic carbocycles. The highest BCUT2D eigenvalue weighted by Gasteiger charge is 2.24. The second-order valence-electron chi connectivity index (χ2n) is 8.00. The first-order valence-electron chi connectivity index (χ1n) is 10.7. The van der Waals surface area contributed by atoms with E-state index in [1.807, 2.05) is 11.9 Å². The Kier molecular flexibility index (Phi) is 7.89. The van der Waals surface area contributed by atoms with Crippen molar-refractivity contribution in [1.29, 1.82) is 0 Å². The first-order valence-corrected chi connectivity index (χ1v) is 10.7. The normalized spacial score (nSPS) is 19.9. The molecular formula is C22H35N5O2. The fraction of sp³-hybridized carbons (Fsp3) is 0.636. The predicted molar refractivity (Wildman–Crippen MR) is 116 cm³/mol. The van der Waals surface area contributed by atoms with Crippen LogP contribution < -0.4 is 5.32 Å². The summed E-state index contributed by atoms with van der Waals surface area (Å²) in [4.78, 5) is 23.4. The molecule has 1 unspecified atom stereocenters. The minimum absolute atomic E-state index is 0.219. The van der Waals surface area contributed by atoms with Gasteiger partial charge in [-0.15, -0.1) is 0 Å². The van der Waals surface area contributed by atoms with Crippen molar-refractivity contribution in [3.05, 3.63) is 35.4 Å². The van der Waals surface area contributed by atoms with Gasteiger partial charge in [0, 0.05) is 52.9 Å². The van der Waals surface area contributed by atoms with Gasteiger partial charge in [0.2, 0.25) is 5.91 Å². The molecule has 2 aliphatic heterocycles. The molecule has 2 fully saturated rings. The van der Waals surface area contributed by atoms with Gasteiger partial charge in [0.1, 0.15) is 0 Å². The van der Waals surface area contributed by atoms with Crippen LogP contribution in [0.1, 0.15) is 24.0 Å². The van der Waals surface area contributed by atoms with E-state index in [1.54, 1.807) is 0 Å². The van der Waals surface area contributed by atoms with Crippen molar-refractivity contribution in [2.75, 3.05) is 72.6 Å². The number of guanidine groups is 1. The van der Waals surface area contributed by atoms with E-state index >= 15 is 0 Å². The lowest BCUT2D eigenvalue weighted by Gasteiger charge is -2.37. The third-order valence-electron chi connectivity index (χ3n) is 5.78. The van der Waals surface area contributed by atoms with Crippen LogP contribution in [0.15, 0.2) is 29.3 Å². The Morgan fingerprint density at radius 2 is 1.86 bits per heavy atom. The molecule has 0 saturated carbocycles. The van der Waals surface area contributed by atoms with E-state index in [0.29, 0.717) is 38.8 Å². The van der Waals surface area contributed by atoms with Gasteiger partial charge in [0.05, 0.1) is 19.8 Å². The summed E-state index contributed by atoms with van der Waals surface area (Å²) in [6.45, 7) is 12.0. The van der Waals surface area contributed by atoms with Crippen molar-refractivity contribution >= 4 is 11.9 Å². The van der Waals surface area contributed by atoms with Crippen LogP contribution in [0.4, 0.5) is 0 Å². The minimum Gasteiger partial charge on any atom is -0.378 e. The second kappa shape index (κ2) is 10.6. The van der Waals surface area contributed by atoms with E-state index in [1.165, 1.54) is 11.1 Å². The Balaban J connectivity index is 1.43. The molecule has 160 valence electrons. The van der Waals surface area contributed by atoms with Gasteiger partial charge in [0.15, 0.2) is 5.96 Å². The average molecular weight is 402 g/mol. The molecule has 2 heterocycles. The van der Waals surface area contributed by atoms with Gasteiger partial charge in [-0.3, -0.25) is 14.7 Å². The molecule has 7 heteroatoms. The summed E-state index contributed by atoms with van der Waals surface area (Å²) < 4.78 is 5.33. The number of carbonyl (C=O) groups is 1. The third kappa shape index (κ3) is 6.18. The van der Waals surface area contributed by atoms with Gasteiger partial charge in [-0.25, -0.2) is 0 Å². The maximum Gasteiger partial charge on any atom is 0.236 e. The maximum atomic E-state index is 12.5. The summed E-state index contributed by atoms with van der Waals surface area (Å²) >= 11 is 0. The van der Waals surface area contributed by atoms with Crippen LogP contribution in [-0.2, 0) is 9.53 Å². The highest BCUT2D eigenvalue weighted by molar-refractivity contribution is 5.80. The van der Waals surface area contributed by atoms with Crippen molar-refractivity contribution < 1.29 is 9.53 Å². The van der Waals surface area contributed by atoms with Gasteiger partial charge >= 0.3 is 0 Å². The second-order valence-corrected chi connectivity index (χ2v) is 8.00. The first-order chi connectivity index (χ1) is 14.1. The molecule has 1 amide bonds. The van der Waals surface area contributed by atoms with E-state index in [-0.39, 0.29) is 5.91 Å². The Hall–Kier alpha value is -2.12. The summed E-state index contributed by atoms with van der Waals surface area (Å²) in [6.07, 6.45) is 0. The third-order valence-corrected chi connectivity index (χ3v) is 5.78. The summed E-state index contributed by atoms with van der Waals surface area (Å²) in [6, 6.07) is 8.69. The number of nitrogens with zero attached hydrogens (tertiary/aromatic N) is 4. The molecule has 0 bridgehead atoms. The number of rotatable bonds is 5. The largest absolute Gasteiger partial charge is 0.378 e. The zero-order chi connectivity index (χ0) is 20.6. The molecule has 0 spiro atoms. The lowest BCUT2D eigenvalue weighted by Crippen LogP contribution is -2.55.